The number of hydrogen-bond acceptors (Lipinski definition) is 2. The van der Waals surface area contributed by atoms with E-state index in [0.717, 1.165) is 25.9 Å². The van der Waals surface area contributed by atoms with Crippen LogP contribution in [0.5, 0.6) is 0 Å². The second-order valence-electron chi connectivity index (χ2n) is 6.97. The van der Waals surface area contributed by atoms with Crippen LogP contribution in [0.3, 0.4) is 0 Å². The number of carbonyl (C=O) groups is 1. The summed E-state index contributed by atoms with van der Waals surface area (Å²) in [6.45, 7) is 8.19. The predicted molar refractivity (Wildman–Crippen MR) is 88.8 cm³/mol. The lowest BCUT2D eigenvalue weighted by atomic mass is 9.85. The fraction of sp³-hybridized carbons (Fsp3) is 0.611. The number of aliphatic hydroxyl groups excluding tert-OH is 1. The van der Waals surface area contributed by atoms with Crippen LogP contribution in [-0.4, -0.2) is 41.8 Å². The van der Waals surface area contributed by atoms with Crippen LogP contribution in [0, 0.1) is 5.92 Å². The summed E-state index contributed by atoms with van der Waals surface area (Å²) in [5, 5.41) is 12.7. The molecule has 22 heavy (non-hydrogen) atoms. The van der Waals surface area contributed by atoms with E-state index < -0.39 is 0 Å². The maximum Gasteiger partial charge on any atom is 0.317 e. The van der Waals surface area contributed by atoms with Gasteiger partial charge in [-0.15, -0.1) is 0 Å². The van der Waals surface area contributed by atoms with Gasteiger partial charge >= 0.3 is 6.03 Å². The smallest absolute Gasteiger partial charge is 0.317 e. The average molecular weight is 304 g/mol. The van der Waals surface area contributed by atoms with Crippen LogP contribution in [0.25, 0.3) is 0 Å². The minimum absolute atomic E-state index is 0.00745. The Labute approximate surface area is 133 Å². The van der Waals surface area contributed by atoms with E-state index in [2.05, 4.69) is 31.3 Å². The zero-order valence-corrected chi connectivity index (χ0v) is 13.9. The maximum atomic E-state index is 12.3. The number of likely N-dealkylation sites (tertiary alicyclic amines) is 1. The van der Waals surface area contributed by atoms with Crippen LogP contribution < -0.4 is 5.32 Å². The second-order valence-corrected chi connectivity index (χ2v) is 6.97. The van der Waals surface area contributed by atoms with Gasteiger partial charge in [-0.1, -0.05) is 44.2 Å². The van der Waals surface area contributed by atoms with Gasteiger partial charge in [0.2, 0.25) is 0 Å². The largest absolute Gasteiger partial charge is 0.393 e. The Morgan fingerprint density at radius 2 is 1.91 bits per heavy atom. The van der Waals surface area contributed by atoms with Crippen LogP contribution in [0.4, 0.5) is 4.79 Å². The molecule has 0 saturated carbocycles. The van der Waals surface area contributed by atoms with E-state index in [1.165, 1.54) is 5.56 Å². The van der Waals surface area contributed by atoms with Crippen LogP contribution in [0.2, 0.25) is 0 Å². The van der Waals surface area contributed by atoms with E-state index in [0.29, 0.717) is 12.5 Å². The van der Waals surface area contributed by atoms with Gasteiger partial charge in [-0.3, -0.25) is 0 Å². The average Bonchev–Trinajstić information content (AvgIpc) is 2.53. The van der Waals surface area contributed by atoms with Crippen molar-refractivity contribution in [3.63, 3.8) is 0 Å². The maximum absolute atomic E-state index is 12.3. The molecule has 1 unspecified atom stereocenters. The van der Waals surface area contributed by atoms with E-state index in [1.54, 1.807) is 0 Å². The first-order valence-corrected chi connectivity index (χ1v) is 8.16. The highest BCUT2D eigenvalue weighted by molar-refractivity contribution is 5.74. The van der Waals surface area contributed by atoms with Crippen molar-refractivity contribution in [2.75, 3.05) is 19.6 Å². The summed E-state index contributed by atoms with van der Waals surface area (Å²) in [5.41, 5.74) is 1.14. The van der Waals surface area contributed by atoms with Crippen LogP contribution in [0.1, 0.15) is 39.2 Å². The first-order valence-electron chi connectivity index (χ1n) is 8.16. The van der Waals surface area contributed by atoms with Gasteiger partial charge in [-0.25, -0.2) is 4.79 Å². The van der Waals surface area contributed by atoms with Gasteiger partial charge in [0.25, 0.3) is 0 Å². The zero-order chi connectivity index (χ0) is 16.2. The highest BCUT2D eigenvalue weighted by Gasteiger charge is 2.27. The quantitative estimate of drug-likeness (QED) is 0.898. The number of hydrogen-bond donors (Lipinski definition) is 2. The number of piperidine rings is 1. The van der Waals surface area contributed by atoms with Crippen LogP contribution in [-0.2, 0) is 5.41 Å². The molecular formula is C18H28N2O2. The van der Waals surface area contributed by atoms with Gasteiger partial charge in [0.15, 0.2) is 0 Å². The Hall–Kier alpha value is -1.55. The fourth-order valence-corrected chi connectivity index (χ4v) is 2.98. The molecule has 4 nitrogen and oxygen atoms in total. The third-order valence-electron chi connectivity index (χ3n) is 4.75. The molecule has 1 heterocycles. The standard InChI is InChI=1S/C18H28N2O2/c1-14(21)15-9-11-20(12-10-15)17(22)19-13-18(2,3)16-7-5-4-6-8-16/h4-8,14-15,21H,9-13H2,1-3H3,(H,19,22). The van der Waals surface area contributed by atoms with Crippen molar-refractivity contribution >= 4 is 6.03 Å². The molecular weight excluding hydrogens is 276 g/mol. The number of aliphatic hydroxyl groups is 1. The van der Waals surface area contributed by atoms with Crippen molar-refractivity contribution in [2.24, 2.45) is 5.92 Å². The molecule has 2 amide bonds. The minimum atomic E-state index is -0.276. The topological polar surface area (TPSA) is 52.6 Å². The Morgan fingerprint density at radius 1 is 1.32 bits per heavy atom. The van der Waals surface area contributed by atoms with Crippen molar-refractivity contribution in [1.29, 1.82) is 0 Å². The van der Waals surface area contributed by atoms with Crippen molar-refractivity contribution in [3.05, 3.63) is 35.9 Å². The molecule has 0 spiro atoms. The molecule has 4 heteroatoms. The summed E-state index contributed by atoms with van der Waals surface area (Å²) >= 11 is 0. The van der Waals surface area contributed by atoms with Crippen molar-refractivity contribution in [1.82, 2.24) is 10.2 Å². The Kier molecular flexibility index (Phi) is 5.46. The molecule has 122 valence electrons. The second kappa shape index (κ2) is 7.14. The van der Waals surface area contributed by atoms with E-state index in [1.807, 2.05) is 30.0 Å². The lowest BCUT2D eigenvalue weighted by Gasteiger charge is -2.34. The minimum Gasteiger partial charge on any atom is -0.393 e. The molecule has 2 N–H and O–H groups in total. The number of amides is 2. The first-order chi connectivity index (χ1) is 10.4. The number of nitrogens with one attached hydrogen (secondary N) is 1. The Bertz CT molecular complexity index is 477. The molecule has 1 fully saturated rings. The molecule has 1 atom stereocenters. The van der Waals surface area contributed by atoms with E-state index in [4.69, 9.17) is 0 Å². The van der Waals surface area contributed by atoms with Gasteiger partial charge in [-0.2, -0.15) is 0 Å². The van der Waals surface area contributed by atoms with Gasteiger partial charge < -0.3 is 15.3 Å². The van der Waals surface area contributed by atoms with Crippen molar-refractivity contribution in [3.8, 4) is 0 Å². The van der Waals surface area contributed by atoms with Crippen molar-refractivity contribution < 1.29 is 9.90 Å². The summed E-state index contributed by atoms with van der Waals surface area (Å²) < 4.78 is 0. The summed E-state index contributed by atoms with van der Waals surface area (Å²) in [6.07, 6.45) is 1.49. The van der Waals surface area contributed by atoms with Crippen LogP contribution >= 0.6 is 0 Å². The van der Waals surface area contributed by atoms with E-state index in [-0.39, 0.29) is 17.6 Å². The van der Waals surface area contributed by atoms with Gasteiger partial charge in [-0.05, 0) is 31.2 Å². The third-order valence-corrected chi connectivity index (χ3v) is 4.75. The molecule has 0 aliphatic carbocycles. The molecule has 2 rings (SSSR count). The van der Waals surface area contributed by atoms with Crippen LogP contribution in [0.15, 0.2) is 30.3 Å². The number of nitrogens with zero attached hydrogens (tertiary/aromatic N) is 1. The molecule has 1 aliphatic heterocycles. The molecule has 0 radical (unpaired) electrons. The summed E-state index contributed by atoms with van der Waals surface area (Å²) in [7, 11) is 0. The number of urea groups is 1. The highest BCUT2D eigenvalue weighted by atomic mass is 16.3. The van der Waals surface area contributed by atoms with Gasteiger partial charge in [0, 0.05) is 25.0 Å². The molecule has 1 aromatic rings. The van der Waals surface area contributed by atoms with Crippen molar-refractivity contribution in [2.45, 2.75) is 45.1 Å². The fourth-order valence-electron chi connectivity index (χ4n) is 2.98. The molecule has 1 aromatic carbocycles. The third kappa shape index (κ3) is 4.23. The predicted octanol–water partition coefficient (Wildman–Crippen LogP) is 2.77. The Morgan fingerprint density at radius 3 is 2.45 bits per heavy atom. The normalized spacial score (nSPS) is 18.1. The number of carbonyl (C=O) groups excluding carboxylic acids is 1. The molecule has 0 aromatic heterocycles. The van der Waals surface area contributed by atoms with E-state index in [9.17, 15) is 9.90 Å². The Balaban J connectivity index is 1.83. The lowest BCUT2D eigenvalue weighted by Crippen LogP contribution is -2.48. The monoisotopic (exact) mass is 304 g/mol. The van der Waals surface area contributed by atoms with E-state index >= 15 is 0 Å². The molecule has 1 aliphatic rings. The SMILES string of the molecule is CC(O)C1CCN(C(=O)NCC(C)(C)c2ccccc2)CC1. The summed E-state index contributed by atoms with van der Waals surface area (Å²) in [6, 6.07) is 10.3. The summed E-state index contributed by atoms with van der Waals surface area (Å²) in [4.78, 5) is 14.2. The first kappa shape index (κ1) is 16.8. The van der Waals surface area contributed by atoms with Gasteiger partial charge in [0.1, 0.15) is 0 Å². The zero-order valence-electron chi connectivity index (χ0n) is 13.9. The molecule has 1 saturated heterocycles. The number of rotatable bonds is 4. The summed E-state index contributed by atoms with van der Waals surface area (Å²) in [5.74, 6) is 0.324. The van der Waals surface area contributed by atoms with Gasteiger partial charge in [0.05, 0.1) is 6.10 Å². The molecule has 0 bridgehead atoms. The highest BCUT2D eigenvalue weighted by Crippen LogP contribution is 2.23. The lowest BCUT2D eigenvalue weighted by molar-refractivity contribution is 0.0796. The number of benzene rings is 1.